The Morgan fingerprint density at radius 2 is 2.07 bits per heavy atom. The maximum absolute atomic E-state index is 12.7. The molecule has 4 rings (SSSR count). The number of nitrogens with zero attached hydrogens (tertiary/aromatic N) is 5. The largest absolute Gasteiger partial charge is 0.385 e. The number of hydrogen-bond acceptors (Lipinski definition) is 7. The Morgan fingerprint density at radius 3 is 2.72 bits per heavy atom. The average Bonchev–Trinajstić information content (AvgIpc) is 3.43. The van der Waals surface area contributed by atoms with Crippen LogP contribution in [0.3, 0.4) is 0 Å². The molecule has 0 aliphatic carbocycles. The molecule has 0 bridgehead atoms. The molecule has 4 heterocycles. The van der Waals surface area contributed by atoms with Crippen LogP contribution >= 0.6 is 0 Å². The third-order valence-corrected chi connectivity index (χ3v) is 6.20. The summed E-state index contributed by atoms with van der Waals surface area (Å²) in [4.78, 5) is 23.6. The highest BCUT2D eigenvalue weighted by atomic mass is 16.5. The molecule has 0 radical (unpaired) electrons. The van der Waals surface area contributed by atoms with E-state index in [1.807, 2.05) is 11.9 Å². The van der Waals surface area contributed by atoms with Gasteiger partial charge in [-0.2, -0.15) is 4.98 Å². The highest BCUT2D eigenvalue weighted by Gasteiger charge is 2.42. The average molecular weight is 403 g/mol. The molecule has 0 aromatic carbocycles. The number of piperidine rings is 1. The number of carbonyl (C=O) groups is 1. The van der Waals surface area contributed by atoms with Crippen molar-refractivity contribution in [2.24, 2.45) is 7.05 Å². The second kappa shape index (κ2) is 8.62. The van der Waals surface area contributed by atoms with Gasteiger partial charge in [-0.1, -0.05) is 5.16 Å². The van der Waals surface area contributed by atoms with Crippen LogP contribution < -0.4 is 0 Å². The Bertz CT molecular complexity index is 818. The third kappa shape index (κ3) is 4.20. The maximum Gasteiger partial charge on any atom is 0.274 e. The summed E-state index contributed by atoms with van der Waals surface area (Å²) in [5, 5.41) is 4.37. The minimum Gasteiger partial charge on any atom is -0.385 e. The second-order valence-electron chi connectivity index (χ2n) is 8.08. The summed E-state index contributed by atoms with van der Waals surface area (Å²) in [5.74, 6) is 1.71. The van der Waals surface area contributed by atoms with Gasteiger partial charge in [0.25, 0.3) is 5.91 Å². The van der Waals surface area contributed by atoms with Gasteiger partial charge in [-0.05, 0) is 32.1 Å². The van der Waals surface area contributed by atoms with E-state index < -0.39 is 0 Å². The van der Waals surface area contributed by atoms with E-state index in [1.165, 1.54) is 0 Å². The van der Waals surface area contributed by atoms with Gasteiger partial charge in [0.05, 0.1) is 6.33 Å². The SMILES string of the molecule is COCCC1(c2noc(C3CCOCC3)n2)CCN(C(=O)c2cn(C)cn2)CC1. The van der Waals surface area contributed by atoms with Gasteiger partial charge in [0.2, 0.25) is 5.89 Å². The van der Waals surface area contributed by atoms with E-state index in [-0.39, 0.29) is 17.2 Å². The number of hydrogen-bond donors (Lipinski definition) is 0. The molecule has 2 aliphatic heterocycles. The monoisotopic (exact) mass is 403 g/mol. The third-order valence-electron chi connectivity index (χ3n) is 6.20. The lowest BCUT2D eigenvalue weighted by Crippen LogP contribution is -2.46. The number of aryl methyl sites for hydroxylation is 1. The van der Waals surface area contributed by atoms with Gasteiger partial charge in [0.15, 0.2) is 5.82 Å². The first-order valence-corrected chi connectivity index (χ1v) is 10.3. The van der Waals surface area contributed by atoms with Crippen molar-refractivity contribution in [3.8, 4) is 0 Å². The number of methoxy groups -OCH3 is 1. The molecule has 2 aromatic rings. The summed E-state index contributed by atoms with van der Waals surface area (Å²) in [6.45, 7) is 3.37. The minimum absolute atomic E-state index is 0.0260. The topological polar surface area (TPSA) is 95.5 Å². The smallest absolute Gasteiger partial charge is 0.274 e. The molecule has 2 aliphatic rings. The molecule has 158 valence electrons. The van der Waals surface area contributed by atoms with Crippen molar-refractivity contribution in [1.82, 2.24) is 24.6 Å². The van der Waals surface area contributed by atoms with Gasteiger partial charge in [0, 0.05) is 64.6 Å². The van der Waals surface area contributed by atoms with E-state index in [0.29, 0.717) is 31.3 Å². The number of ether oxygens (including phenoxy) is 2. The van der Waals surface area contributed by atoms with Gasteiger partial charge in [-0.15, -0.1) is 0 Å². The van der Waals surface area contributed by atoms with Crippen LogP contribution in [0.5, 0.6) is 0 Å². The lowest BCUT2D eigenvalue weighted by molar-refractivity contribution is 0.0611. The van der Waals surface area contributed by atoms with Crippen LogP contribution in [0.25, 0.3) is 0 Å². The van der Waals surface area contributed by atoms with Crippen LogP contribution in [0.2, 0.25) is 0 Å². The Morgan fingerprint density at radius 1 is 1.31 bits per heavy atom. The summed E-state index contributed by atoms with van der Waals surface area (Å²) in [5.41, 5.74) is 0.252. The van der Waals surface area contributed by atoms with Crippen molar-refractivity contribution in [2.45, 2.75) is 43.4 Å². The molecule has 2 saturated heterocycles. The normalized spacial score (nSPS) is 20.1. The van der Waals surface area contributed by atoms with Crippen molar-refractivity contribution >= 4 is 5.91 Å². The summed E-state index contributed by atoms with van der Waals surface area (Å²) >= 11 is 0. The van der Waals surface area contributed by atoms with Crippen LogP contribution in [0.1, 0.15) is 60.2 Å². The molecule has 0 atom stereocenters. The summed E-state index contributed by atoms with van der Waals surface area (Å²) in [6.07, 6.45) is 7.61. The number of likely N-dealkylation sites (tertiary alicyclic amines) is 1. The summed E-state index contributed by atoms with van der Waals surface area (Å²) in [7, 11) is 3.57. The Labute approximate surface area is 170 Å². The fourth-order valence-corrected chi connectivity index (χ4v) is 4.27. The molecule has 9 heteroatoms. The summed E-state index contributed by atoms with van der Waals surface area (Å²) < 4.78 is 18.3. The predicted molar refractivity (Wildman–Crippen MR) is 104 cm³/mol. The van der Waals surface area contributed by atoms with Gasteiger partial charge in [-0.3, -0.25) is 4.79 Å². The molecule has 29 heavy (non-hydrogen) atoms. The van der Waals surface area contributed by atoms with Crippen LogP contribution in [0, 0.1) is 0 Å². The van der Waals surface area contributed by atoms with E-state index >= 15 is 0 Å². The number of carbonyl (C=O) groups excluding carboxylic acids is 1. The van der Waals surface area contributed by atoms with E-state index in [1.54, 1.807) is 24.2 Å². The Balaban J connectivity index is 1.48. The van der Waals surface area contributed by atoms with Crippen molar-refractivity contribution in [1.29, 1.82) is 0 Å². The van der Waals surface area contributed by atoms with Crippen LogP contribution in [-0.4, -0.2) is 70.5 Å². The van der Waals surface area contributed by atoms with E-state index in [9.17, 15) is 4.79 Å². The molecule has 0 saturated carbocycles. The lowest BCUT2D eigenvalue weighted by Gasteiger charge is -2.39. The fourth-order valence-electron chi connectivity index (χ4n) is 4.27. The Kier molecular flexibility index (Phi) is 5.96. The molecule has 9 nitrogen and oxygen atoms in total. The first-order valence-electron chi connectivity index (χ1n) is 10.3. The standard InChI is InChI=1S/C20H29N5O4/c1-24-13-16(21-14-24)18(26)25-8-5-20(6-9-25,7-12-27-2)19-22-17(29-23-19)15-3-10-28-11-4-15/h13-15H,3-12H2,1-2H3. The number of imidazole rings is 1. The fraction of sp³-hybridized carbons (Fsp3) is 0.700. The van der Waals surface area contributed by atoms with E-state index in [2.05, 4.69) is 10.1 Å². The van der Waals surface area contributed by atoms with Crippen LogP contribution in [-0.2, 0) is 21.9 Å². The van der Waals surface area contributed by atoms with Crippen molar-refractivity contribution in [2.75, 3.05) is 40.0 Å². The van der Waals surface area contributed by atoms with E-state index in [4.69, 9.17) is 19.0 Å². The van der Waals surface area contributed by atoms with Crippen molar-refractivity contribution in [3.63, 3.8) is 0 Å². The molecule has 2 fully saturated rings. The zero-order valence-corrected chi connectivity index (χ0v) is 17.2. The molecule has 0 N–H and O–H groups in total. The maximum atomic E-state index is 12.7. The van der Waals surface area contributed by atoms with Gasteiger partial charge in [-0.25, -0.2) is 4.98 Å². The quantitative estimate of drug-likeness (QED) is 0.727. The number of rotatable bonds is 6. The molecular formula is C20H29N5O4. The highest BCUT2D eigenvalue weighted by Crippen LogP contribution is 2.38. The van der Waals surface area contributed by atoms with Crippen LogP contribution in [0.4, 0.5) is 0 Å². The van der Waals surface area contributed by atoms with Gasteiger partial charge in [0.1, 0.15) is 5.69 Å². The second-order valence-corrected chi connectivity index (χ2v) is 8.08. The van der Waals surface area contributed by atoms with Gasteiger partial charge < -0.3 is 23.5 Å². The molecular weight excluding hydrogens is 374 g/mol. The number of amides is 1. The van der Waals surface area contributed by atoms with Crippen molar-refractivity contribution < 1.29 is 18.8 Å². The highest BCUT2D eigenvalue weighted by molar-refractivity contribution is 5.92. The zero-order chi connectivity index (χ0) is 20.3. The molecule has 1 amide bonds. The number of aromatic nitrogens is 4. The zero-order valence-electron chi connectivity index (χ0n) is 17.2. The van der Waals surface area contributed by atoms with E-state index in [0.717, 1.165) is 51.1 Å². The minimum atomic E-state index is -0.232. The first kappa shape index (κ1) is 20.0. The van der Waals surface area contributed by atoms with Gasteiger partial charge >= 0.3 is 0 Å². The lowest BCUT2D eigenvalue weighted by atomic mass is 9.75. The molecule has 0 spiro atoms. The van der Waals surface area contributed by atoms with Crippen LogP contribution in [0.15, 0.2) is 17.0 Å². The molecule has 2 aromatic heterocycles. The van der Waals surface area contributed by atoms with Crippen molar-refractivity contribution in [3.05, 3.63) is 29.9 Å². The first-order chi connectivity index (χ1) is 14.1. The predicted octanol–water partition coefficient (Wildman–Crippen LogP) is 1.91. The molecule has 0 unspecified atom stereocenters. The Hall–Kier alpha value is -2.26. The summed E-state index contributed by atoms with van der Waals surface area (Å²) in [6, 6.07) is 0.